The maximum atomic E-state index is 13.6. The molecule has 148 valence electrons. The Morgan fingerprint density at radius 3 is 2.82 bits per heavy atom. The molecule has 2 aromatic rings. The van der Waals surface area contributed by atoms with Crippen molar-refractivity contribution in [3.8, 4) is 11.6 Å². The van der Waals surface area contributed by atoms with Crippen molar-refractivity contribution in [2.45, 2.75) is 18.1 Å². The molecule has 0 bridgehead atoms. The average molecular weight is 396 g/mol. The molecule has 0 saturated heterocycles. The van der Waals surface area contributed by atoms with Crippen LogP contribution < -0.4 is 14.8 Å². The number of ether oxygens (including phenoxy) is 2. The van der Waals surface area contributed by atoms with Gasteiger partial charge in [-0.2, -0.15) is 13.2 Å². The highest BCUT2D eigenvalue weighted by molar-refractivity contribution is 5.84. The molecule has 5 nitrogen and oxygen atoms in total. The molecule has 1 fully saturated rings. The van der Waals surface area contributed by atoms with Gasteiger partial charge in [0, 0.05) is 29.7 Å². The van der Waals surface area contributed by atoms with E-state index in [1.807, 2.05) is 0 Å². The predicted molar refractivity (Wildman–Crippen MR) is 89.3 cm³/mol. The Balaban J connectivity index is 1.56. The Kier molecular flexibility index (Phi) is 4.40. The van der Waals surface area contributed by atoms with Crippen LogP contribution in [0.25, 0.3) is 0 Å². The number of nitrogens with zero attached hydrogens (tertiary/aromatic N) is 1. The van der Waals surface area contributed by atoms with Crippen LogP contribution in [0.2, 0.25) is 0 Å². The summed E-state index contributed by atoms with van der Waals surface area (Å²) in [7, 11) is 1.29. The van der Waals surface area contributed by atoms with Gasteiger partial charge in [0.25, 0.3) is 0 Å². The molecule has 1 saturated carbocycles. The molecule has 2 aliphatic rings. The van der Waals surface area contributed by atoms with Crippen molar-refractivity contribution in [2.24, 2.45) is 11.8 Å². The van der Waals surface area contributed by atoms with Gasteiger partial charge in [0.15, 0.2) is 6.04 Å². The van der Waals surface area contributed by atoms with E-state index in [0.29, 0.717) is 11.3 Å². The van der Waals surface area contributed by atoms with E-state index in [1.165, 1.54) is 37.6 Å². The number of hydrogen-bond acceptors (Lipinski definition) is 4. The van der Waals surface area contributed by atoms with Gasteiger partial charge in [-0.15, -0.1) is 0 Å². The zero-order valence-electron chi connectivity index (χ0n) is 14.7. The first kappa shape index (κ1) is 18.5. The smallest absolute Gasteiger partial charge is 0.412 e. The maximum Gasteiger partial charge on any atom is 0.412 e. The van der Waals surface area contributed by atoms with Crippen molar-refractivity contribution >= 4 is 5.91 Å². The molecule has 1 aromatic heterocycles. The molecule has 1 aromatic carbocycles. The fourth-order valence-electron chi connectivity index (χ4n) is 3.77. The molecule has 1 N–H and O–H groups in total. The molecule has 2 heterocycles. The number of pyridine rings is 1. The monoisotopic (exact) mass is 396 g/mol. The fourth-order valence-corrected chi connectivity index (χ4v) is 3.77. The third-order valence-electron chi connectivity index (χ3n) is 5.15. The number of fused-ring (bicyclic) bond motifs is 3. The van der Waals surface area contributed by atoms with Crippen LogP contribution in [0.5, 0.6) is 11.6 Å². The van der Waals surface area contributed by atoms with Crippen molar-refractivity contribution < 1.29 is 31.8 Å². The van der Waals surface area contributed by atoms with Crippen molar-refractivity contribution in [3.63, 3.8) is 0 Å². The molecular weight excluding hydrogens is 380 g/mol. The molecule has 3 unspecified atom stereocenters. The molecule has 0 radical (unpaired) electrons. The van der Waals surface area contributed by atoms with Gasteiger partial charge in [-0.05, 0) is 29.8 Å². The summed E-state index contributed by atoms with van der Waals surface area (Å²) in [6.07, 6.45) is -3.52. The number of rotatable bonds is 4. The summed E-state index contributed by atoms with van der Waals surface area (Å²) < 4.78 is 64.7. The van der Waals surface area contributed by atoms with E-state index in [4.69, 9.17) is 9.47 Å². The summed E-state index contributed by atoms with van der Waals surface area (Å²) >= 11 is 0. The topological polar surface area (TPSA) is 60.5 Å². The number of methoxy groups -OCH3 is 1. The minimum absolute atomic E-state index is 0.0129. The number of nitrogens with one attached hydrogen (secondary N) is 1. The van der Waals surface area contributed by atoms with E-state index in [9.17, 15) is 22.4 Å². The molecule has 1 aliphatic carbocycles. The Labute approximate surface area is 157 Å². The standard InChI is InChI=1S/C19H16F4N2O3/c1-27-14-6-9(4-5-24-14)17(19(21,22)23)25-18(26)16-12-8-28-13-3-2-10(20)7-11(13)15(12)16/h2-7,12,15-17H,8H2,1H3,(H,25,26)/t12?,15?,16?,17-/m1/s1. The highest BCUT2D eigenvalue weighted by atomic mass is 19.4. The Morgan fingerprint density at radius 2 is 2.11 bits per heavy atom. The zero-order valence-corrected chi connectivity index (χ0v) is 14.7. The average Bonchev–Trinajstić information content (AvgIpc) is 3.40. The predicted octanol–water partition coefficient (Wildman–Crippen LogP) is 3.37. The van der Waals surface area contributed by atoms with Crippen LogP contribution in [0, 0.1) is 17.7 Å². The number of aromatic nitrogens is 1. The van der Waals surface area contributed by atoms with Gasteiger partial charge < -0.3 is 14.8 Å². The van der Waals surface area contributed by atoms with Gasteiger partial charge in [0.05, 0.1) is 19.6 Å². The van der Waals surface area contributed by atoms with Crippen LogP contribution in [-0.4, -0.2) is 30.8 Å². The van der Waals surface area contributed by atoms with Gasteiger partial charge in [-0.1, -0.05) is 0 Å². The molecular formula is C19H16F4N2O3. The van der Waals surface area contributed by atoms with Gasteiger partial charge >= 0.3 is 6.18 Å². The van der Waals surface area contributed by atoms with Crippen LogP contribution in [0.1, 0.15) is 23.1 Å². The summed E-state index contributed by atoms with van der Waals surface area (Å²) in [5.74, 6) is -2.06. The van der Waals surface area contributed by atoms with Gasteiger partial charge in [-0.3, -0.25) is 4.79 Å². The van der Waals surface area contributed by atoms with Crippen LogP contribution in [0.15, 0.2) is 36.5 Å². The van der Waals surface area contributed by atoms with E-state index in [2.05, 4.69) is 10.3 Å². The first-order valence-corrected chi connectivity index (χ1v) is 8.59. The minimum Gasteiger partial charge on any atom is -0.493 e. The third kappa shape index (κ3) is 3.25. The van der Waals surface area contributed by atoms with Crippen LogP contribution in [0.3, 0.4) is 0 Å². The summed E-state index contributed by atoms with van der Waals surface area (Å²) in [6, 6.07) is 4.09. The number of hydrogen-bond donors (Lipinski definition) is 1. The summed E-state index contributed by atoms with van der Waals surface area (Å²) in [5.41, 5.74) is 0.338. The first-order chi connectivity index (χ1) is 13.3. The highest BCUT2D eigenvalue weighted by Crippen LogP contribution is 2.59. The third-order valence-corrected chi connectivity index (χ3v) is 5.15. The summed E-state index contributed by atoms with van der Waals surface area (Å²) in [4.78, 5) is 16.4. The zero-order chi connectivity index (χ0) is 20.1. The normalized spacial score (nSPS) is 23.7. The highest BCUT2D eigenvalue weighted by Gasteiger charge is 2.59. The lowest BCUT2D eigenvalue weighted by molar-refractivity contribution is -0.164. The number of alkyl halides is 3. The van der Waals surface area contributed by atoms with Crippen molar-refractivity contribution in [3.05, 3.63) is 53.5 Å². The summed E-state index contributed by atoms with van der Waals surface area (Å²) in [5, 5.41) is 2.09. The van der Waals surface area contributed by atoms with Gasteiger partial charge in [0.1, 0.15) is 11.6 Å². The molecule has 0 spiro atoms. The van der Waals surface area contributed by atoms with Crippen molar-refractivity contribution in [2.75, 3.05) is 13.7 Å². The first-order valence-electron chi connectivity index (χ1n) is 8.59. The van der Waals surface area contributed by atoms with Crippen LogP contribution >= 0.6 is 0 Å². The number of benzene rings is 1. The van der Waals surface area contributed by atoms with Crippen molar-refractivity contribution in [1.82, 2.24) is 10.3 Å². The molecule has 1 amide bonds. The second kappa shape index (κ2) is 6.65. The number of amides is 1. The minimum atomic E-state index is -4.71. The van der Waals surface area contributed by atoms with Gasteiger partial charge in [0.2, 0.25) is 11.8 Å². The van der Waals surface area contributed by atoms with Gasteiger partial charge in [-0.25, -0.2) is 9.37 Å². The number of carbonyl (C=O) groups is 1. The molecule has 9 heteroatoms. The number of carbonyl (C=O) groups excluding carboxylic acids is 1. The van der Waals surface area contributed by atoms with E-state index in [-0.39, 0.29) is 29.9 Å². The lowest BCUT2D eigenvalue weighted by Crippen LogP contribution is -2.39. The SMILES string of the molecule is COc1cc([C@@H](NC(=O)C2C3COc4ccc(F)cc4C32)C(F)(F)F)ccn1. The Bertz CT molecular complexity index is 918. The van der Waals surface area contributed by atoms with E-state index >= 15 is 0 Å². The van der Waals surface area contributed by atoms with Crippen LogP contribution in [0.4, 0.5) is 17.6 Å². The quantitative estimate of drug-likeness (QED) is 0.806. The van der Waals surface area contributed by atoms with Crippen molar-refractivity contribution in [1.29, 1.82) is 0 Å². The Morgan fingerprint density at radius 1 is 1.32 bits per heavy atom. The fraction of sp³-hybridized carbons (Fsp3) is 0.368. The maximum absolute atomic E-state index is 13.6. The molecule has 4 rings (SSSR count). The van der Waals surface area contributed by atoms with E-state index < -0.39 is 29.9 Å². The van der Waals surface area contributed by atoms with E-state index in [0.717, 1.165) is 6.07 Å². The second-order valence-electron chi connectivity index (χ2n) is 6.82. The largest absolute Gasteiger partial charge is 0.493 e. The Hall–Kier alpha value is -2.84. The van der Waals surface area contributed by atoms with E-state index in [1.54, 1.807) is 0 Å². The lowest BCUT2D eigenvalue weighted by Gasteiger charge is -2.22. The van der Waals surface area contributed by atoms with Crippen LogP contribution in [-0.2, 0) is 4.79 Å². The number of halogens is 4. The molecule has 28 heavy (non-hydrogen) atoms. The molecule has 4 atom stereocenters. The lowest BCUT2D eigenvalue weighted by atomic mass is 10.0. The molecule has 1 aliphatic heterocycles. The second-order valence-corrected chi connectivity index (χ2v) is 6.82. The summed E-state index contributed by atoms with van der Waals surface area (Å²) in [6.45, 7) is 0.209.